The third-order valence-corrected chi connectivity index (χ3v) is 2.85. The van der Waals surface area contributed by atoms with E-state index in [1.165, 1.54) is 13.2 Å². The maximum Gasteiger partial charge on any atom is 0.417 e. The summed E-state index contributed by atoms with van der Waals surface area (Å²) in [5.41, 5.74) is -0.297. The molecule has 1 aromatic carbocycles. The fourth-order valence-corrected chi connectivity index (χ4v) is 1.75. The molecule has 0 aliphatic carbocycles. The highest BCUT2D eigenvalue weighted by Crippen LogP contribution is 2.35. The molecule has 0 bridgehead atoms. The summed E-state index contributed by atoms with van der Waals surface area (Å²) in [5, 5.41) is 2.69. The standard InChI is InChI=1S/C11H11BrF3NO2/c1-18-10(17)6-16-5-7-2-3-9(12)8(4-7)11(13,14)15/h2-4,16H,5-6H2,1H3. The number of carbonyl (C=O) groups excluding carboxylic acids is 1. The monoisotopic (exact) mass is 325 g/mol. The molecule has 1 N–H and O–H groups in total. The molecule has 0 spiro atoms. The van der Waals surface area contributed by atoms with Crippen LogP contribution in [0, 0.1) is 0 Å². The van der Waals surface area contributed by atoms with E-state index in [2.05, 4.69) is 26.0 Å². The Labute approximate surface area is 110 Å². The smallest absolute Gasteiger partial charge is 0.417 e. The summed E-state index contributed by atoms with van der Waals surface area (Å²) in [6.45, 7) is 0.110. The van der Waals surface area contributed by atoms with Crippen molar-refractivity contribution in [3.8, 4) is 0 Å². The number of alkyl halides is 3. The predicted molar refractivity (Wildman–Crippen MR) is 62.9 cm³/mol. The third kappa shape index (κ3) is 4.30. The minimum absolute atomic E-state index is 0.00767. The van der Waals surface area contributed by atoms with Crippen LogP contribution in [0.3, 0.4) is 0 Å². The van der Waals surface area contributed by atoms with Crippen molar-refractivity contribution < 1.29 is 22.7 Å². The average Bonchev–Trinajstić information content (AvgIpc) is 2.29. The second-order valence-corrected chi connectivity index (χ2v) is 4.35. The van der Waals surface area contributed by atoms with Crippen LogP contribution in [0.4, 0.5) is 13.2 Å². The lowest BCUT2D eigenvalue weighted by molar-refractivity contribution is -0.140. The van der Waals surface area contributed by atoms with E-state index in [0.29, 0.717) is 5.56 Å². The highest BCUT2D eigenvalue weighted by molar-refractivity contribution is 9.10. The summed E-state index contributed by atoms with van der Waals surface area (Å²) in [5.74, 6) is -0.469. The molecule has 0 amide bonds. The van der Waals surface area contributed by atoms with Gasteiger partial charge in [-0.05, 0) is 17.7 Å². The molecule has 1 rings (SSSR count). The zero-order valence-corrected chi connectivity index (χ0v) is 11.1. The Morgan fingerprint density at radius 3 is 2.67 bits per heavy atom. The van der Waals surface area contributed by atoms with Crippen molar-refractivity contribution in [2.24, 2.45) is 0 Å². The molecule has 1 aromatic rings. The zero-order chi connectivity index (χ0) is 13.8. The van der Waals surface area contributed by atoms with Crippen molar-refractivity contribution >= 4 is 21.9 Å². The predicted octanol–water partition coefficient (Wildman–Crippen LogP) is 2.73. The number of carbonyl (C=O) groups is 1. The topological polar surface area (TPSA) is 38.3 Å². The molecular weight excluding hydrogens is 315 g/mol. The number of hydrogen-bond donors (Lipinski definition) is 1. The fraction of sp³-hybridized carbons (Fsp3) is 0.364. The summed E-state index contributed by atoms with van der Waals surface area (Å²) in [7, 11) is 1.24. The van der Waals surface area contributed by atoms with E-state index in [9.17, 15) is 18.0 Å². The Bertz CT molecular complexity index is 435. The highest BCUT2D eigenvalue weighted by Gasteiger charge is 2.32. The first-order chi connectivity index (χ1) is 8.34. The molecule has 0 unspecified atom stereocenters. The van der Waals surface area contributed by atoms with Gasteiger partial charge in [0.05, 0.1) is 19.2 Å². The Balaban J connectivity index is 2.71. The van der Waals surface area contributed by atoms with Gasteiger partial charge in [0.15, 0.2) is 0 Å². The quantitative estimate of drug-likeness (QED) is 0.865. The van der Waals surface area contributed by atoms with E-state index in [0.717, 1.165) is 6.07 Å². The van der Waals surface area contributed by atoms with Gasteiger partial charge in [0.1, 0.15) is 0 Å². The molecular formula is C11H11BrF3NO2. The van der Waals surface area contributed by atoms with E-state index in [4.69, 9.17) is 0 Å². The number of nitrogens with one attached hydrogen (secondary N) is 1. The van der Waals surface area contributed by atoms with E-state index in [1.54, 1.807) is 6.07 Å². The van der Waals surface area contributed by atoms with E-state index >= 15 is 0 Å². The number of benzene rings is 1. The first-order valence-electron chi connectivity index (χ1n) is 4.97. The van der Waals surface area contributed by atoms with E-state index < -0.39 is 17.7 Å². The average molecular weight is 326 g/mol. The van der Waals surface area contributed by atoms with Crippen molar-refractivity contribution in [3.05, 3.63) is 33.8 Å². The van der Waals surface area contributed by atoms with Gasteiger partial charge in [0.25, 0.3) is 0 Å². The molecule has 0 aromatic heterocycles. The van der Waals surface area contributed by atoms with Crippen LogP contribution in [0.2, 0.25) is 0 Å². The maximum absolute atomic E-state index is 12.6. The first-order valence-corrected chi connectivity index (χ1v) is 5.77. The second-order valence-electron chi connectivity index (χ2n) is 3.49. The second kappa shape index (κ2) is 6.19. The van der Waals surface area contributed by atoms with Crippen molar-refractivity contribution in [3.63, 3.8) is 0 Å². The SMILES string of the molecule is COC(=O)CNCc1ccc(Br)c(C(F)(F)F)c1. The number of hydrogen-bond acceptors (Lipinski definition) is 3. The molecule has 0 saturated heterocycles. The van der Waals surface area contributed by atoms with Gasteiger partial charge >= 0.3 is 12.1 Å². The maximum atomic E-state index is 12.6. The van der Waals surface area contributed by atoms with Gasteiger partial charge in [-0.2, -0.15) is 13.2 Å². The molecule has 7 heteroatoms. The molecule has 0 atom stereocenters. The first kappa shape index (κ1) is 15.0. The molecule has 0 fully saturated rings. The van der Waals surface area contributed by atoms with Crippen molar-refractivity contribution in [2.45, 2.75) is 12.7 Å². The Kier molecular flexibility index (Phi) is 5.15. The number of ether oxygens (including phenoxy) is 1. The van der Waals surface area contributed by atoms with Crippen LogP contribution >= 0.6 is 15.9 Å². The molecule has 0 aliphatic rings. The lowest BCUT2D eigenvalue weighted by Crippen LogP contribution is -2.23. The molecule has 0 radical (unpaired) electrons. The summed E-state index contributed by atoms with van der Waals surface area (Å²) in [6.07, 6.45) is -4.41. The van der Waals surface area contributed by atoms with Crippen LogP contribution in [0.25, 0.3) is 0 Å². The summed E-state index contributed by atoms with van der Waals surface area (Å²) >= 11 is 2.85. The molecule has 100 valence electrons. The highest BCUT2D eigenvalue weighted by atomic mass is 79.9. The van der Waals surface area contributed by atoms with Gasteiger partial charge in [-0.1, -0.05) is 22.0 Å². The Morgan fingerprint density at radius 1 is 1.44 bits per heavy atom. The Hall–Kier alpha value is -1.08. The van der Waals surface area contributed by atoms with Crippen molar-refractivity contribution in [1.29, 1.82) is 0 Å². The Morgan fingerprint density at radius 2 is 2.11 bits per heavy atom. The van der Waals surface area contributed by atoms with Crippen LogP contribution in [0.1, 0.15) is 11.1 Å². The molecule has 3 nitrogen and oxygen atoms in total. The molecule has 18 heavy (non-hydrogen) atoms. The normalized spacial score (nSPS) is 11.4. The summed E-state index contributed by atoms with van der Waals surface area (Å²) in [4.78, 5) is 10.8. The fourth-order valence-electron chi connectivity index (χ4n) is 1.28. The van der Waals surface area contributed by atoms with Gasteiger partial charge < -0.3 is 10.1 Å². The van der Waals surface area contributed by atoms with E-state index in [1.807, 2.05) is 0 Å². The van der Waals surface area contributed by atoms with Gasteiger partial charge in [0, 0.05) is 11.0 Å². The van der Waals surface area contributed by atoms with E-state index in [-0.39, 0.29) is 17.6 Å². The van der Waals surface area contributed by atoms with Gasteiger partial charge in [-0.3, -0.25) is 4.79 Å². The van der Waals surface area contributed by atoms with Crippen LogP contribution in [0.5, 0.6) is 0 Å². The zero-order valence-electron chi connectivity index (χ0n) is 9.47. The van der Waals surface area contributed by atoms with Gasteiger partial charge in [-0.15, -0.1) is 0 Å². The molecule has 0 aliphatic heterocycles. The van der Waals surface area contributed by atoms with Crippen LogP contribution in [0.15, 0.2) is 22.7 Å². The minimum atomic E-state index is -4.41. The number of esters is 1. The van der Waals surface area contributed by atoms with Gasteiger partial charge in [-0.25, -0.2) is 0 Å². The largest absolute Gasteiger partial charge is 0.468 e. The van der Waals surface area contributed by atoms with Crippen LogP contribution < -0.4 is 5.32 Å². The molecule has 0 saturated carbocycles. The van der Waals surface area contributed by atoms with Crippen molar-refractivity contribution in [2.75, 3.05) is 13.7 Å². The lowest BCUT2D eigenvalue weighted by atomic mass is 10.1. The van der Waals surface area contributed by atoms with Gasteiger partial charge in [0.2, 0.25) is 0 Å². The van der Waals surface area contributed by atoms with Crippen molar-refractivity contribution in [1.82, 2.24) is 5.32 Å². The third-order valence-electron chi connectivity index (χ3n) is 2.16. The number of halogens is 4. The number of rotatable bonds is 4. The van der Waals surface area contributed by atoms with Crippen LogP contribution in [-0.2, 0) is 22.3 Å². The van der Waals surface area contributed by atoms with Crippen LogP contribution in [-0.4, -0.2) is 19.6 Å². The summed E-state index contributed by atoms with van der Waals surface area (Å²) < 4.78 is 42.2. The minimum Gasteiger partial charge on any atom is -0.468 e. The lowest BCUT2D eigenvalue weighted by Gasteiger charge is -2.11. The molecule has 0 heterocycles. The summed E-state index contributed by atoms with van der Waals surface area (Å²) in [6, 6.07) is 3.91. The number of methoxy groups -OCH3 is 1.